The molecule has 1 unspecified atom stereocenters. The molecular weight excluding hydrogens is 316 g/mol. The van der Waals surface area contributed by atoms with Crippen LogP contribution in [0.3, 0.4) is 0 Å². The lowest BCUT2D eigenvalue weighted by molar-refractivity contribution is 0.0567. The SMILES string of the molecule is CCN(Cc1ccncc1)C1CCCN(C(=O)c2ccc[nH]c2=O)C1. The van der Waals surface area contributed by atoms with Gasteiger partial charge in [0, 0.05) is 44.3 Å². The summed E-state index contributed by atoms with van der Waals surface area (Å²) in [6.07, 6.45) is 7.18. The highest BCUT2D eigenvalue weighted by Gasteiger charge is 2.28. The molecule has 1 aliphatic heterocycles. The van der Waals surface area contributed by atoms with Gasteiger partial charge in [-0.2, -0.15) is 0 Å². The van der Waals surface area contributed by atoms with Crippen LogP contribution < -0.4 is 5.56 Å². The average Bonchev–Trinajstić information content (AvgIpc) is 2.67. The number of hydrogen-bond acceptors (Lipinski definition) is 4. The van der Waals surface area contributed by atoms with Gasteiger partial charge in [0.2, 0.25) is 0 Å². The minimum Gasteiger partial charge on any atom is -0.337 e. The lowest BCUT2D eigenvalue weighted by Crippen LogP contribution is -2.50. The lowest BCUT2D eigenvalue weighted by atomic mass is 10.0. The molecule has 1 saturated heterocycles. The summed E-state index contributed by atoms with van der Waals surface area (Å²) in [4.78, 5) is 35.5. The molecule has 3 heterocycles. The summed E-state index contributed by atoms with van der Waals surface area (Å²) in [7, 11) is 0. The van der Waals surface area contributed by atoms with Crippen LogP contribution in [0.4, 0.5) is 0 Å². The molecule has 3 rings (SSSR count). The molecule has 0 radical (unpaired) electrons. The van der Waals surface area contributed by atoms with Crippen LogP contribution in [-0.2, 0) is 6.54 Å². The normalized spacial score (nSPS) is 17.7. The molecule has 2 aromatic rings. The molecule has 0 saturated carbocycles. The Kier molecular flexibility index (Phi) is 5.60. The van der Waals surface area contributed by atoms with Crippen LogP contribution in [0.1, 0.15) is 35.7 Å². The zero-order chi connectivity index (χ0) is 17.6. The van der Waals surface area contributed by atoms with Gasteiger partial charge in [-0.25, -0.2) is 0 Å². The summed E-state index contributed by atoms with van der Waals surface area (Å²) in [6.45, 7) is 5.27. The second kappa shape index (κ2) is 8.07. The number of carbonyl (C=O) groups is 1. The molecule has 132 valence electrons. The van der Waals surface area contributed by atoms with Crippen LogP contribution in [0.15, 0.2) is 47.7 Å². The number of carbonyl (C=O) groups excluding carboxylic acids is 1. The largest absolute Gasteiger partial charge is 0.337 e. The summed E-state index contributed by atoms with van der Waals surface area (Å²) in [5.41, 5.74) is 1.12. The van der Waals surface area contributed by atoms with Gasteiger partial charge in [-0.3, -0.25) is 19.5 Å². The van der Waals surface area contributed by atoms with Gasteiger partial charge in [-0.1, -0.05) is 6.92 Å². The van der Waals surface area contributed by atoms with Gasteiger partial charge in [0.25, 0.3) is 11.5 Å². The smallest absolute Gasteiger partial charge is 0.260 e. The molecule has 6 nitrogen and oxygen atoms in total. The van der Waals surface area contributed by atoms with E-state index in [-0.39, 0.29) is 17.0 Å². The molecule has 2 aromatic heterocycles. The third kappa shape index (κ3) is 4.14. The molecule has 0 bridgehead atoms. The molecule has 25 heavy (non-hydrogen) atoms. The first-order valence-corrected chi connectivity index (χ1v) is 8.79. The third-order valence-corrected chi connectivity index (χ3v) is 4.79. The van der Waals surface area contributed by atoms with Crippen molar-refractivity contribution < 1.29 is 4.79 Å². The van der Waals surface area contributed by atoms with E-state index in [2.05, 4.69) is 21.8 Å². The Balaban J connectivity index is 1.70. The second-order valence-electron chi connectivity index (χ2n) is 6.38. The van der Waals surface area contributed by atoms with Crippen molar-refractivity contribution in [1.29, 1.82) is 0 Å². The fourth-order valence-corrected chi connectivity index (χ4v) is 3.42. The number of likely N-dealkylation sites (tertiary alicyclic amines) is 1. The van der Waals surface area contributed by atoms with Crippen molar-refractivity contribution in [2.75, 3.05) is 19.6 Å². The van der Waals surface area contributed by atoms with Gasteiger partial charge in [-0.05, 0) is 49.2 Å². The number of H-pyrrole nitrogens is 1. The van der Waals surface area contributed by atoms with Crippen LogP contribution in [0.2, 0.25) is 0 Å². The molecule has 1 amide bonds. The predicted octanol–water partition coefficient (Wildman–Crippen LogP) is 1.90. The van der Waals surface area contributed by atoms with Crippen molar-refractivity contribution in [1.82, 2.24) is 19.8 Å². The van der Waals surface area contributed by atoms with Crippen LogP contribution in [0.25, 0.3) is 0 Å². The Labute approximate surface area is 147 Å². The van der Waals surface area contributed by atoms with Crippen molar-refractivity contribution in [3.05, 3.63) is 64.3 Å². The first-order chi connectivity index (χ1) is 12.2. The Bertz CT molecular complexity index is 759. The fourth-order valence-electron chi connectivity index (χ4n) is 3.42. The maximum atomic E-state index is 12.7. The van der Waals surface area contributed by atoms with Crippen molar-refractivity contribution in [2.24, 2.45) is 0 Å². The fraction of sp³-hybridized carbons (Fsp3) is 0.421. The first kappa shape index (κ1) is 17.4. The highest BCUT2D eigenvalue weighted by Crippen LogP contribution is 2.19. The summed E-state index contributed by atoms with van der Waals surface area (Å²) in [6, 6.07) is 7.64. The van der Waals surface area contributed by atoms with E-state index in [9.17, 15) is 9.59 Å². The summed E-state index contributed by atoms with van der Waals surface area (Å²) >= 11 is 0. The topological polar surface area (TPSA) is 69.3 Å². The van der Waals surface area contributed by atoms with Gasteiger partial charge >= 0.3 is 0 Å². The quantitative estimate of drug-likeness (QED) is 0.902. The Morgan fingerprint density at radius 3 is 2.88 bits per heavy atom. The van der Waals surface area contributed by atoms with Gasteiger partial charge in [0.1, 0.15) is 5.56 Å². The van der Waals surface area contributed by atoms with Crippen molar-refractivity contribution in [3.63, 3.8) is 0 Å². The molecule has 1 N–H and O–H groups in total. The van der Waals surface area contributed by atoms with Gasteiger partial charge in [0.15, 0.2) is 0 Å². The number of hydrogen-bond donors (Lipinski definition) is 1. The maximum Gasteiger partial charge on any atom is 0.260 e. The molecule has 0 spiro atoms. The highest BCUT2D eigenvalue weighted by molar-refractivity contribution is 5.93. The minimum absolute atomic E-state index is 0.175. The molecule has 0 aromatic carbocycles. The lowest BCUT2D eigenvalue weighted by Gasteiger charge is -2.39. The van der Waals surface area contributed by atoms with E-state index in [1.807, 2.05) is 29.4 Å². The summed E-state index contributed by atoms with van der Waals surface area (Å²) in [5.74, 6) is -0.175. The second-order valence-corrected chi connectivity index (χ2v) is 6.38. The molecule has 0 aliphatic carbocycles. The number of piperidine rings is 1. The van der Waals surface area contributed by atoms with Gasteiger partial charge < -0.3 is 9.88 Å². The average molecular weight is 340 g/mol. The van der Waals surface area contributed by atoms with E-state index in [1.165, 1.54) is 5.56 Å². The zero-order valence-electron chi connectivity index (χ0n) is 14.5. The number of amides is 1. The number of rotatable bonds is 5. The summed E-state index contributed by atoms with van der Waals surface area (Å²) < 4.78 is 0. The molecule has 1 aliphatic rings. The van der Waals surface area contributed by atoms with Crippen molar-refractivity contribution in [3.8, 4) is 0 Å². The van der Waals surface area contributed by atoms with E-state index in [4.69, 9.17) is 0 Å². The number of nitrogens with one attached hydrogen (secondary N) is 1. The Morgan fingerprint density at radius 2 is 2.16 bits per heavy atom. The van der Waals surface area contributed by atoms with Crippen LogP contribution in [0, 0.1) is 0 Å². The molecule has 6 heteroatoms. The predicted molar refractivity (Wildman–Crippen MR) is 96.3 cm³/mol. The van der Waals surface area contributed by atoms with Crippen LogP contribution >= 0.6 is 0 Å². The van der Waals surface area contributed by atoms with Gasteiger partial charge in [0.05, 0.1) is 0 Å². The first-order valence-electron chi connectivity index (χ1n) is 8.79. The van der Waals surface area contributed by atoms with E-state index in [0.717, 1.165) is 25.9 Å². The van der Waals surface area contributed by atoms with Crippen molar-refractivity contribution in [2.45, 2.75) is 32.4 Å². The monoisotopic (exact) mass is 340 g/mol. The minimum atomic E-state index is -0.321. The Morgan fingerprint density at radius 1 is 1.36 bits per heavy atom. The number of aromatic nitrogens is 2. The molecule has 1 fully saturated rings. The maximum absolute atomic E-state index is 12.7. The standard InChI is InChI=1S/C19H24N4O2/c1-2-22(13-15-7-10-20-11-8-15)16-5-4-12-23(14-16)19(25)17-6-3-9-21-18(17)24/h3,6-11,16H,2,4-5,12-14H2,1H3,(H,21,24). The number of likely N-dealkylation sites (N-methyl/N-ethyl adjacent to an activating group) is 1. The van der Waals surface area contributed by atoms with Crippen molar-refractivity contribution >= 4 is 5.91 Å². The van der Waals surface area contributed by atoms with E-state index >= 15 is 0 Å². The number of nitrogens with zero attached hydrogens (tertiary/aromatic N) is 3. The number of aromatic amines is 1. The zero-order valence-corrected chi connectivity index (χ0v) is 14.5. The van der Waals surface area contributed by atoms with Crippen LogP contribution in [0.5, 0.6) is 0 Å². The van der Waals surface area contributed by atoms with E-state index in [0.29, 0.717) is 19.1 Å². The molecular formula is C19H24N4O2. The molecule has 1 atom stereocenters. The third-order valence-electron chi connectivity index (χ3n) is 4.79. The van der Waals surface area contributed by atoms with E-state index < -0.39 is 0 Å². The Hall–Kier alpha value is -2.47. The number of pyridine rings is 2. The highest BCUT2D eigenvalue weighted by atomic mass is 16.2. The van der Waals surface area contributed by atoms with Gasteiger partial charge in [-0.15, -0.1) is 0 Å². The summed E-state index contributed by atoms with van der Waals surface area (Å²) in [5, 5.41) is 0. The van der Waals surface area contributed by atoms with E-state index in [1.54, 1.807) is 18.3 Å². The van der Waals surface area contributed by atoms with Crippen LogP contribution in [-0.4, -0.2) is 51.4 Å².